The van der Waals surface area contributed by atoms with Gasteiger partial charge in [-0.2, -0.15) is 0 Å². The molecule has 0 amide bonds. The van der Waals surface area contributed by atoms with E-state index < -0.39 is 0 Å². The fourth-order valence-corrected chi connectivity index (χ4v) is 3.98. The fraction of sp³-hybridized carbons (Fsp3) is 0.733. The van der Waals surface area contributed by atoms with Gasteiger partial charge in [0.15, 0.2) is 5.03 Å². The highest BCUT2D eigenvalue weighted by atomic mass is 32.2. The number of aromatic nitrogens is 2. The van der Waals surface area contributed by atoms with E-state index in [1.54, 1.807) is 24.2 Å². The van der Waals surface area contributed by atoms with Crippen molar-refractivity contribution in [2.24, 2.45) is 5.92 Å². The molecular weight excluding hydrogens is 270 g/mol. The van der Waals surface area contributed by atoms with Crippen molar-refractivity contribution in [3.05, 3.63) is 12.4 Å². The highest BCUT2D eigenvalue weighted by Gasteiger charge is 2.36. The van der Waals surface area contributed by atoms with Gasteiger partial charge in [0, 0.05) is 18.9 Å². The lowest BCUT2D eigenvalue weighted by Gasteiger charge is -2.44. The van der Waals surface area contributed by atoms with Gasteiger partial charge in [0.2, 0.25) is 5.88 Å². The first-order valence-electron chi connectivity index (χ1n) is 7.69. The van der Waals surface area contributed by atoms with Gasteiger partial charge in [0.05, 0.1) is 0 Å². The summed E-state index contributed by atoms with van der Waals surface area (Å²) in [7, 11) is 0. The van der Waals surface area contributed by atoms with Crippen molar-refractivity contribution in [3.8, 4) is 5.88 Å². The minimum Gasteiger partial charge on any atom is -0.471 e. The highest BCUT2D eigenvalue weighted by molar-refractivity contribution is 7.99. The first-order valence-corrected chi connectivity index (χ1v) is 8.68. The Morgan fingerprint density at radius 2 is 2.10 bits per heavy atom. The van der Waals surface area contributed by atoms with Crippen LogP contribution in [0.1, 0.15) is 32.6 Å². The predicted molar refractivity (Wildman–Crippen MR) is 81.2 cm³/mol. The van der Waals surface area contributed by atoms with E-state index in [1.807, 2.05) is 0 Å². The van der Waals surface area contributed by atoms with Crippen molar-refractivity contribution in [1.82, 2.24) is 14.9 Å². The van der Waals surface area contributed by atoms with Crippen LogP contribution in [0.3, 0.4) is 0 Å². The van der Waals surface area contributed by atoms with E-state index >= 15 is 0 Å². The molecule has 3 saturated heterocycles. The molecule has 4 nitrogen and oxygen atoms in total. The van der Waals surface area contributed by atoms with Gasteiger partial charge in [-0.3, -0.25) is 4.90 Å². The molecule has 0 aliphatic carbocycles. The second-order valence-corrected chi connectivity index (χ2v) is 6.75. The SMILES string of the molecule is CCCCSc1nccnc1OC1CN2CCC1CC2. The molecule has 1 aromatic heterocycles. The number of unbranched alkanes of at least 4 members (excludes halogenated alkanes) is 1. The van der Waals surface area contributed by atoms with E-state index in [1.165, 1.54) is 38.8 Å². The summed E-state index contributed by atoms with van der Waals surface area (Å²) in [5, 5.41) is 0.956. The number of hydrogen-bond donors (Lipinski definition) is 0. The number of ether oxygens (including phenoxy) is 1. The lowest BCUT2D eigenvalue weighted by atomic mass is 9.86. The van der Waals surface area contributed by atoms with E-state index in [-0.39, 0.29) is 0 Å². The third-order valence-corrected chi connectivity index (χ3v) is 5.28. The fourth-order valence-electron chi connectivity index (χ4n) is 2.99. The number of rotatable bonds is 6. The van der Waals surface area contributed by atoms with E-state index in [4.69, 9.17) is 4.74 Å². The molecule has 4 rings (SSSR count). The maximum Gasteiger partial charge on any atom is 0.247 e. The van der Waals surface area contributed by atoms with E-state index in [0.29, 0.717) is 12.0 Å². The molecule has 3 aliphatic heterocycles. The van der Waals surface area contributed by atoms with Gasteiger partial charge in [-0.05, 0) is 44.0 Å². The van der Waals surface area contributed by atoms with Crippen LogP contribution in [-0.4, -0.2) is 46.4 Å². The van der Waals surface area contributed by atoms with Crippen molar-refractivity contribution >= 4 is 11.8 Å². The second-order valence-electron chi connectivity index (χ2n) is 5.66. The summed E-state index contributed by atoms with van der Waals surface area (Å²) >= 11 is 1.77. The average molecular weight is 293 g/mol. The molecule has 5 heteroatoms. The second kappa shape index (κ2) is 6.76. The monoisotopic (exact) mass is 293 g/mol. The van der Waals surface area contributed by atoms with Crippen molar-refractivity contribution < 1.29 is 4.74 Å². The lowest BCUT2D eigenvalue weighted by molar-refractivity contribution is -0.0117. The molecule has 4 heterocycles. The van der Waals surface area contributed by atoms with Crippen LogP contribution in [-0.2, 0) is 0 Å². The summed E-state index contributed by atoms with van der Waals surface area (Å²) in [5.74, 6) is 2.54. The summed E-state index contributed by atoms with van der Waals surface area (Å²) in [4.78, 5) is 11.4. The Bertz CT molecular complexity index is 435. The third-order valence-electron chi connectivity index (χ3n) is 4.23. The van der Waals surface area contributed by atoms with Gasteiger partial charge in [-0.1, -0.05) is 13.3 Å². The van der Waals surface area contributed by atoms with Crippen LogP contribution < -0.4 is 4.74 Å². The van der Waals surface area contributed by atoms with Crippen LogP contribution in [0.15, 0.2) is 17.4 Å². The molecule has 1 aromatic rings. The number of nitrogens with zero attached hydrogens (tertiary/aromatic N) is 3. The number of piperidine rings is 3. The smallest absolute Gasteiger partial charge is 0.247 e. The van der Waals surface area contributed by atoms with Crippen LogP contribution in [0, 0.1) is 5.92 Å². The van der Waals surface area contributed by atoms with Gasteiger partial charge in [0.1, 0.15) is 6.10 Å². The predicted octanol–water partition coefficient (Wildman–Crippen LogP) is 2.84. The van der Waals surface area contributed by atoms with Crippen molar-refractivity contribution in [3.63, 3.8) is 0 Å². The Labute approximate surface area is 125 Å². The van der Waals surface area contributed by atoms with E-state index in [9.17, 15) is 0 Å². The highest BCUT2D eigenvalue weighted by Crippen LogP contribution is 2.33. The molecule has 1 unspecified atom stereocenters. The molecular formula is C15H23N3OS. The minimum absolute atomic E-state index is 0.305. The van der Waals surface area contributed by atoms with Crippen LogP contribution in [0.4, 0.5) is 0 Å². The number of hydrogen-bond acceptors (Lipinski definition) is 5. The van der Waals surface area contributed by atoms with Crippen LogP contribution in [0.25, 0.3) is 0 Å². The summed E-state index contributed by atoms with van der Waals surface area (Å²) < 4.78 is 6.21. The summed E-state index contributed by atoms with van der Waals surface area (Å²) in [5.41, 5.74) is 0. The molecule has 0 N–H and O–H groups in total. The van der Waals surface area contributed by atoms with Crippen LogP contribution in [0.5, 0.6) is 5.88 Å². The summed E-state index contributed by atoms with van der Waals surface area (Å²) in [6, 6.07) is 0. The normalized spacial score (nSPS) is 28.6. The summed E-state index contributed by atoms with van der Waals surface area (Å²) in [6.45, 7) is 5.74. The van der Waals surface area contributed by atoms with Crippen molar-refractivity contribution in [2.75, 3.05) is 25.4 Å². The topological polar surface area (TPSA) is 38.3 Å². The maximum absolute atomic E-state index is 6.21. The standard InChI is InChI=1S/C15H23N3OS/c1-2-3-10-20-15-14(16-6-7-17-15)19-13-11-18-8-4-12(13)5-9-18/h6-7,12-13H,2-5,8-11H2,1H3. The lowest BCUT2D eigenvalue weighted by Crippen LogP contribution is -2.52. The van der Waals surface area contributed by atoms with Gasteiger partial charge < -0.3 is 4.74 Å². The molecule has 1 atom stereocenters. The van der Waals surface area contributed by atoms with Crippen LogP contribution >= 0.6 is 11.8 Å². The first-order chi connectivity index (χ1) is 9.86. The Morgan fingerprint density at radius 1 is 1.30 bits per heavy atom. The zero-order chi connectivity index (χ0) is 13.8. The quantitative estimate of drug-likeness (QED) is 0.595. The van der Waals surface area contributed by atoms with Gasteiger partial charge in [0.25, 0.3) is 0 Å². The Kier molecular flexibility index (Phi) is 4.78. The Balaban J connectivity index is 1.64. The molecule has 110 valence electrons. The molecule has 0 saturated carbocycles. The molecule has 3 fully saturated rings. The van der Waals surface area contributed by atoms with Crippen molar-refractivity contribution in [2.45, 2.75) is 43.7 Å². The van der Waals surface area contributed by atoms with Gasteiger partial charge in [-0.25, -0.2) is 9.97 Å². The zero-order valence-electron chi connectivity index (χ0n) is 12.1. The van der Waals surface area contributed by atoms with E-state index in [2.05, 4.69) is 21.8 Å². The van der Waals surface area contributed by atoms with Crippen LogP contribution in [0.2, 0.25) is 0 Å². The largest absolute Gasteiger partial charge is 0.471 e. The molecule has 20 heavy (non-hydrogen) atoms. The third kappa shape index (κ3) is 3.26. The van der Waals surface area contributed by atoms with Crippen molar-refractivity contribution in [1.29, 1.82) is 0 Å². The molecule has 3 aliphatic rings. The first kappa shape index (κ1) is 14.1. The average Bonchev–Trinajstić information content (AvgIpc) is 2.50. The minimum atomic E-state index is 0.305. The molecule has 2 bridgehead atoms. The molecule has 0 spiro atoms. The maximum atomic E-state index is 6.21. The molecule has 0 radical (unpaired) electrons. The van der Waals surface area contributed by atoms with E-state index in [0.717, 1.165) is 23.2 Å². The molecule has 0 aromatic carbocycles. The van der Waals surface area contributed by atoms with Gasteiger partial charge in [-0.15, -0.1) is 11.8 Å². The van der Waals surface area contributed by atoms with Gasteiger partial charge >= 0.3 is 0 Å². The number of fused-ring (bicyclic) bond motifs is 3. The Hall–Kier alpha value is -0.810. The number of thioether (sulfide) groups is 1. The summed E-state index contributed by atoms with van der Waals surface area (Å²) in [6.07, 6.45) is 8.76. The Morgan fingerprint density at radius 3 is 2.80 bits per heavy atom. The zero-order valence-corrected chi connectivity index (χ0v) is 12.9.